The maximum absolute atomic E-state index is 6.01. The Balaban J connectivity index is 1.68. The van der Waals surface area contributed by atoms with Gasteiger partial charge in [-0.15, -0.1) is 0 Å². The van der Waals surface area contributed by atoms with E-state index in [-0.39, 0.29) is 23.5 Å². The van der Waals surface area contributed by atoms with Crippen LogP contribution in [-0.4, -0.2) is 38.9 Å². The molecule has 0 spiro atoms. The van der Waals surface area contributed by atoms with Gasteiger partial charge in [-0.2, -0.15) is 9.97 Å². The number of ether oxygens (including phenoxy) is 2. The van der Waals surface area contributed by atoms with Crippen molar-refractivity contribution in [1.82, 2.24) is 19.9 Å². The van der Waals surface area contributed by atoms with Crippen LogP contribution in [0.4, 0.5) is 5.95 Å². The summed E-state index contributed by atoms with van der Waals surface area (Å²) in [6, 6.07) is 0. The molecule has 3 heterocycles. The van der Waals surface area contributed by atoms with Crippen LogP contribution >= 0.6 is 11.6 Å². The van der Waals surface area contributed by atoms with Crippen LogP contribution in [0, 0.1) is 0 Å². The fourth-order valence-electron chi connectivity index (χ4n) is 2.42. The first kappa shape index (κ1) is 14.5. The molecule has 1 saturated heterocycles. The maximum Gasteiger partial charge on any atom is 0.223 e. The fraction of sp³-hybridized carbons (Fsp3) is 0.615. The number of hydrogen-bond acceptors (Lipinski definition) is 6. The molecule has 0 bridgehead atoms. The van der Waals surface area contributed by atoms with Gasteiger partial charge in [0.1, 0.15) is 11.3 Å². The molecule has 1 unspecified atom stereocenters. The zero-order valence-corrected chi connectivity index (χ0v) is 12.6. The number of H-pyrrole nitrogens is 1. The first-order valence-electron chi connectivity index (χ1n) is 7.06. The Kier molecular flexibility index (Phi) is 4.23. The Morgan fingerprint density at radius 3 is 3.05 bits per heavy atom. The molecule has 2 atom stereocenters. The number of nitrogen functional groups attached to an aromatic ring is 1. The van der Waals surface area contributed by atoms with E-state index in [1.165, 1.54) is 0 Å². The van der Waals surface area contributed by atoms with Crippen LogP contribution < -0.4 is 5.73 Å². The first-order valence-corrected chi connectivity index (χ1v) is 7.44. The van der Waals surface area contributed by atoms with Gasteiger partial charge >= 0.3 is 0 Å². The lowest BCUT2D eigenvalue weighted by Crippen LogP contribution is -2.27. The molecule has 114 valence electrons. The summed E-state index contributed by atoms with van der Waals surface area (Å²) in [5, 5.41) is 0.278. The normalized spacial score (nSPS) is 20.8. The number of anilines is 1. The molecule has 2 aromatic rings. The Labute approximate surface area is 127 Å². The molecule has 0 saturated carbocycles. The number of hydrogen-bond donors (Lipinski definition) is 2. The van der Waals surface area contributed by atoms with Crippen molar-refractivity contribution in [2.45, 2.75) is 45.0 Å². The number of aromatic nitrogens is 4. The molecule has 0 amide bonds. The Morgan fingerprint density at radius 2 is 2.29 bits per heavy atom. The summed E-state index contributed by atoms with van der Waals surface area (Å²) < 4.78 is 11.4. The number of imidazole rings is 1. The van der Waals surface area contributed by atoms with Crippen LogP contribution in [0.25, 0.3) is 11.2 Å². The van der Waals surface area contributed by atoms with Crippen LogP contribution in [0.15, 0.2) is 0 Å². The lowest BCUT2D eigenvalue weighted by Gasteiger charge is -2.25. The van der Waals surface area contributed by atoms with Crippen molar-refractivity contribution in [2.75, 3.05) is 12.3 Å². The van der Waals surface area contributed by atoms with E-state index in [9.17, 15) is 0 Å². The zero-order chi connectivity index (χ0) is 14.8. The molecule has 3 N–H and O–H groups in total. The van der Waals surface area contributed by atoms with Crippen molar-refractivity contribution >= 4 is 28.7 Å². The van der Waals surface area contributed by atoms with Gasteiger partial charge in [0.2, 0.25) is 5.95 Å². The second-order valence-corrected chi connectivity index (χ2v) is 5.56. The standard InChI is InChI=1S/C13H18ClN5O2/c1-7(21-9-4-2-3-5-20-9)6-8-16-10-11(14)18-13(15)19-12(10)17-8/h7,9H,2-6H2,1H3,(H3,15,16,17,18,19)/t7-,9?/m1/s1. The minimum atomic E-state index is -0.114. The van der Waals surface area contributed by atoms with Crippen molar-refractivity contribution in [1.29, 1.82) is 0 Å². The third kappa shape index (κ3) is 3.42. The van der Waals surface area contributed by atoms with Crippen LogP contribution in [0.1, 0.15) is 32.0 Å². The molecule has 1 aliphatic rings. The molecule has 7 nitrogen and oxygen atoms in total. The highest BCUT2D eigenvalue weighted by molar-refractivity contribution is 6.33. The van der Waals surface area contributed by atoms with Crippen molar-refractivity contribution < 1.29 is 9.47 Å². The van der Waals surface area contributed by atoms with Crippen LogP contribution in [-0.2, 0) is 15.9 Å². The summed E-state index contributed by atoms with van der Waals surface area (Å²) in [5.74, 6) is 0.862. The number of nitrogens with two attached hydrogens (primary N) is 1. The van der Waals surface area contributed by atoms with Gasteiger partial charge in [-0.1, -0.05) is 11.6 Å². The number of halogens is 1. The highest BCUT2D eigenvalue weighted by Crippen LogP contribution is 2.20. The van der Waals surface area contributed by atoms with Gasteiger partial charge < -0.3 is 20.2 Å². The third-order valence-corrected chi connectivity index (χ3v) is 3.65. The Bertz CT molecular complexity index is 626. The van der Waals surface area contributed by atoms with E-state index in [1.807, 2.05) is 6.92 Å². The lowest BCUT2D eigenvalue weighted by molar-refractivity contribution is -0.184. The van der Waals surface area contributed by atoms with Crippen molar-refractivity contribution in [3.05, 3.63) is 11.0 Å². The number of aromatic amines is 1. The number of nitrogens with zero attached hydrogens (tertiary/aromatic N) is 3. The second kappa shape index (κ2) is 6.13. The minimum Gasteiger partial charge on any atom is -0.368 e. The van der Waals surface area contributed by atoms with Gasteiger partial charge in [0, 0.05) is 13.0 Å². The van der Waals surface area contributed by atoms with Crippen molar-refractivity contribution in [3.8, 4) is 0 Å². The summed E-state index contributed by atoms with van der Waals surface area (Å²) in [5.41, 5.74) is 6.63. The van der Waals surface area contributed by atoms with E-state index >= 15 is 0 Å². The lowest BCUT2D eigenvalue weighted by atomic mass is 10.2. The van der Waals surface area contributed by atoms with E-state index in [0.717, 1.165) is 31.7 Å². The van der Waals surface area contributed by atoms with Gasteiger partial charge in [0.25, 0.3) is 0 Å². The van der Waals surface area contributed by atoms with Crippen LogP contribution in [0.2, 0.25) is 5.15 Å². The average molecular weight is 312 g/mol. The second-order valence-electron chi connectivity index (χ2n) is 5.20. The summed E-state index contributed by atoms with van der Waals surface area (Å²) in [6.45, 7) is 2.76. The fourth-order valence-corrected chi connectivity index (χ4v) is 2.64. The smallest absolute Gasteiger partial charge is 0.223 e. The molecule has 1 aliphatic heterocycles. The van der Waals surface area contributed by atoms with E-state index in [4.69, 9.17) is 26.8 Å². The van der Waals surface area contributed by atoms with Gasteiger partial charge in [-0.25, -0.2) is 4.98 Å². The summed E-state index contributed by atoms with van der Waals surface area (Å²) in [7, 11) is 0. The van der Waals surface area contributed by atoms with Gasteiger partial charge in [0.05, 0.1) is 6.10 Å². The van der Waals surface area contributed by atoms with Gasteiger partial charge in [-0.3, -0.25) is 0 Å². The Hall–Kier alpha value is -1.44. The number of nitrogens with one attached hydrogen (secondary N) is 1. The molecule has 3 rings (SSSR count). The average Bonchev–Trinajstić information content (AvgIpc) is 2.82. The van der Waals surface area contributed by atoms with Crippen LogP contribution in [0.3, 0.4) is 0 Å². The van der Waals surface area contributed by atoms with Crippen LogP contribution in [0.5, 0.6) is 0 Å². The van der Waals surface area contributed by atoms with Gasteiger partial charge in [-0.05, 0) is 26.2 Å². The Morgan fingerprint density at radius 1 is 1.43 bits per heavy atom. The molecule has 21 heavy (non-hydrogen) atoms. The number of rotatable bonds is 4. The van der Waals surface area contributed by atoms with Crippen molar-refractivity contribution in [2.24, 2.45) is 0 Å². The number of fused-ring (bicyclic) bond motifs is 1. The monoisotopic (exact) mass is 311 g/mol. The van der Waals surface area contributed by atoms with Crippen molar-refractivity contribution in [3.63, 3.8) is 0 Å². The quantitative estimate of drug-likeness (QED) is 0.839. The maximum atomic E-state index is 6.01. The summed E-state index contributed by atoms with van der Waals surface area (Å²) in [6.07, 6.45) is 3.68. The molecule has 1 fully saturated rings. The predicted molar refractivity (Wildman–Crippen MR) is 78.9 cm³/mol. The van der Waals surface area contributed by atoms with E-state index in [2.05, 4.69) is 19.9 Å². The molecular formula is C13H18ClN5O2. The van der Waals surface area contributed by atoms with E-state index in [1.54, 1.807) is 0 Å². The highest BCUT2D eigenvalue weighted by Gasteiger charge is 2.19. The van der Waals surface area contributed by atoms with Gasteiger partial charge in [0.15, 0.2) is 17.1 Å². The largest absolute Gasteiger partial charge is 0.368 e. The van der Waals surface area contributed by atoms with E-state index < -0.39 is 0 Å². The molecule has 2 aromatic heterocycles. The topological polar surface area (TPSA) is 98.9 Å². The third-order valence-electron chi connectivity index (χ3n) is 3.38. The predicted octanol–water partition coefficient (Wildman–Crippen LogP) is 2.06. The molecule has 0 aromatic carbocycles. The molecular weight excluding hydrogens is 294 g/mol. The van der Waals surface area contributed by atoms with E-state index in [0.29, 0.717) is 17.6 Å². The minimum absolute atomic E-state index is 0.0160. The summed E-state index contributed by atoms with van der Waals surface area (Å²) >= 11 is 6.01. The molecule has 8 heteroatoms. The zero-order valence-electron chi connectivity index (χ0n) is 11.8. The highest BCUT2D eigenvalue weighted by atomic mass is 35.5. The molecule has 0 aliphatic carbocycles. The SMILES string of the molecule is C[C@H](Cc1nc2nc(N)nc(Cl)c2[nH]1)OC1CCCCO1. The first-order chi connectivity index (χ1) is 10.1. The molecule has 0 radical (unpaired) electrons. The summed E-state index contributed by atoms with van der Waals surface area (Å²) in [4.78, 5) is 15.4.